The number of ether oxygens (including phenoxy) is 2. The van der Waals surface area contributed by atoms with Gasteiger partial charge in [-0.25, -0.2) is 14.4 Å². The van der Waals surface area contributed by atoms with Gasteiger partial charge < -0.3 is 14.3 Å². The maximum Gasteiger partial charge on any atom is 0.434 e. The number of fused-ring (bicyclic) bond motifs is 2. The number of benzene rings is 3. The highest BCUT2D eigenvalue weighted by Crippen LogP contribution is 2.33. The zero-order valence-electron chi connectivity index (χ0n) is 22.6. The molecule has 2 bridgehead atoms. The molecule has 15 heteroatoms. The molecule has 1 fully saturated rings. The molecule has 1 saturated heterocycles. The summed E-state index contributed by atoms with van der Waals surface area (Å²) in [4.78, 5) is 69.9. The molecule has 2 heterocycles. The molecule has 1 amide bonds. The highest BCUT2D eigenvalue weighted by molar-refractivity contribution is 5.97. The molecule has 0 saturated carbocycles. The zero-order valence-corrected chi connectivity index (χ0v) is 22.6. The molecular formula is C29H22N4O11. The molecule has 3 atom stereocenters. The minimum Gasteiger partial charge on any atom is -0.461 e. The zero-order chi connectivity index (χ0) is 31.2. The van der Waals surface area contributed by atoms with Crippen LogP contribution in [0.4, 0.5) is 16.2 Å². The van der Waals surface area contributed by atoms with Crippen LogP contribution in [0.5, 0.6) is 0 Å². The van der Waals surface area contributed by atoms with Crippen molar-refractivity contribution in [2.75, 3.05) is 6.61 Å². The molecule has 224 valence electrons. The summed E-state index contributed by atoms with van der Waals surface area (Å²) in [6.07, 6.45) is 1.40. The highest BCUT2D eigenvalue weighted by atomic mass is 16.7. The predicted octanol–water partition coefficient (Wildman–Crippen LogP) is 4.38. The molecule has 3 aromatic rings. The SMILES string of the molecule is O=C(OC[C@@H]1/C(=N/OC(=O)c2ccc([N+](=O)[O-])cc2)[C@H]2C=C[C@@H]1N(C(=O)OCc1ccccc1)O2)c1ccc([N+](=O)[O-])cc1. The number of nitrogens with zero attached hydrogens (tertiary/aromatic N) is 4. The monoisotopic (exact) mass is 602 g/mol. The number of hydroxylamine groups is 2. The van der Waals surface area contributed by atoms with Gasteiger partial charge in [-0.3, -0.25) is 25.1 Å². The number of esters is 1. The number of carbonyl (C=O) groups excluding carboxylic acids is 3. The van der Waals surface area contributed by atoms with Gasteiger partial charge in [0.25, 0.3) is 11.4 Å². The second-order valence-corrected chi connectivity index (χ2v) is 9.48. The van der Waals surface area contributed by atoms with Crippen LogP contribution in [0.1, 0.15) is 26.3 Å². The summed E-state index contributed by atoms with van der Waals surface area (Å²) in [5.41, 5.74) is 0.478. The van der Waals surface area contributed by atoms with E-state index in [1.807, 2.05) is 6.07 Å². The van der Waals surface area contributed by atoms with Crippen LogP contribution >= 0.6 is 0 Å². The molecule has 0 N–H and O–H groups in total. The topological polar surface area (TPSA) is 190 Å². The van der Waals surface area contributed by atoms with E-state index in [2.05, 4.69) is 5.16 Å². The summed E-state index contributed by atoms with van der Waals surface area (Å²) in [7, 11) is 0. The van der Waals surface area contributed by atoms with Gasteiger partial charge in [0, 0.05) is 24.3 Å². The molecular weight excluding hydrogens is 580 g/mol. The van der Waals surface area contributed by atoms with Crippen molar-refractivity contribution in [1.82, 2.24) is 5.06 Å². The quantitative estimate of drug-likeness (QED) is 0.111. The number of carbonyl (C=O) groups is 3. The molecule has 15 nitrogen and oxygen atoms in total. The van der Waals surface area contributed by atoms with Gasteiger partial charge in [0.1, 0.15) is 25.0 Å². The van der Waals surface area contributed by atoms with Gasteiger partial charge in [-0.1, -0.05) is 41.6 Å². The van der Waals surface area contributed by atoms with Crippen molar-refractivity contribution in [3.05, 3.63) is 128 Å². The van der Waals surface area contributed by atoms with Crippen LogP contribution in [0.15, 0.2) is 96.2 Å². The van der Waals surface area contributed by atoms with Crippen molar-refractivity contribution in [3.63, 3.8) is 0 Å². The molecule has 0 unspecified atom stereocenters. The number of hydrogen-bond acceptors (Lipinski definition) is 12. The number of hydrogen-bond donors (Lipinski definition) is 0. The Morgan fingerprint density at radius 3 is 1.98 bits per heavy atom. The van der Waals surface area contributed by atoms with Crippen molar-refractivity contribution in [2.45, 2.75) is 18.8 Å². The maximum atomic E-state index is 13.0. The van der Waals surface area contributed by atoms with Crippen molar-refractivity contribution in [1.29, 1.82) is 0 Å². The lowest BCUT2D eigenvalue weighted by Gasteiger charge is -2.44. The lowest BCUT2D eigenvalue weighted by Crippen LogP contribution is -2.59. The van der Waals surface area contributed by atoms with Crippen LogP contribution < -0.4 is 0 Å². The largest absolute Gasteiger partial charge is 0.461 e. The van der Waals surface area contributed by atoms with Crippen LogP contribution in [0, 0.1) is 26.1 Å². The number of amides is 1. The molecule has 44 heavy (non-hydrogen) atoms. The maximum absolute atomic E-state index is 13.0. The Hall–Kier alpha value is -5.96. The fraction of sp³-hybridized carbons (Fsp3) is 0.172. The van der Waals surface area contributed by atoms with Crippen molar-refractivity contribution < 1.29 is 43.4 Å². The van der Waals surface area contributed by atoms with Crippen molar-refractivity contribution in [2.24, 2.45) is 11.1 Å². The van der Waals surface area contributed by atoms with E-state index in [0.29, 0.717) is 0 Å². The average Bonchev–Trinajstić information content (AvgIpc) is 3.05. The lowest BCUT2D eigenvalue weighted by molar-refractivity contribution is -0.385. The summed E-state index contributed by atoms with van der Waals surface area (Å²) in [5, 5.41) is 26.8. The van der Waals surface area contributed by atoms with E-state index in [1.165, 1.54) is 24.3 Å². The third-order valence-electron chi connectivity index (χ3n) is 6.71. The number of nitro benzene ring substituents is 2. The normalized spacial score (nSPS) is 19.3. The molecule has 3 aliphatic rings. The van der Waals surface area contributed by atoms with Crippen LogP contribution in [0.2, 0.25) is 0 Å². The van der Waals surface area contributed by atoms with Gasteiger partial charge >= 0.3 is 18.0 Å². The van der Waals surface area contributed by atoms with Crippen molar-refractivity contribution >= 4 is 35.1 Å². The Balaban J connectivity index is 1.33. The average molecular weight is 603 g/mol. The van der Waals surface area contributed by atoms with Crippen LogP contribution in [-0.4, -0.2) is 57.4 Å². The van der Waals surface area contributed by atoms with Crippen LogP contribution in [0.25, 0.3) is 0 Å². The Labute approximate surface area is 248 Å². The Morgan fingerprint density at radius 1 is 0.795 bits per heavy atom. The van der Waals surface area contributed by atoms with E-state index >= 15 is 0 Å². The smallest absolute Gasteiger partial charge is 0.434 e. The van der Waals surface area contributed by atoms with Crippen molar-refractivity contribution in [3.8, 4) is 0 Å². The fourth-order valence-electron chi connectivity index (χ4n) is 4.44. The second kappa shape index (κ2) is 12.9. The molecule has 0 aromatic heterocycles. The highest BCUT2D eigenvalue weighted by Gasteiger charge is 2.48. The minimum absolute atomic E-state index is 0.00959. The Morgan fingerprint density at radius 2 is 1.39 bits per heavy atom. The van der Waals surface area contributed by atoms with Crippen LogP contribution in [0.3, 0.4) is 0 Å². The van der Waals surface area contributed by atoms with Gasteiger partial charge in [0.15, 0.2) is 0 Å². The number of non-ortho nitro benzene ring substituents is 2. The van der Waals surface area contributed by atoms with Gasteiger partial charge in [0.05, 0.1) is 32.9 Å². The van der Waals surface area contributed by atoms with Crippen LogP contribution in [-0.2, 0) is 25.8 Å². The third-order valence-corrected chi connectivity index (χ3v) is 6.71. The first-order valence-corrected chi connectivity index (χ1v) is 13.0. The number of rotatable bonds is 9. The van der Waals surface area contributed by atoms with Gasteiger partial charge in [-0.2, -0.15) is 5.06 Å². The van der Waals surface area contributed by atoms with E-state index in [-0.39, 0.29) is 41.4 Å². The predicted molar refractivity (Wildman–Crippen MR) is 149 cm³/mol. The van der Waals surface area contributed by atoms with E-state index in [4.69, 9.17) is 19.1 Å². The summed E-state index contributed by atoms with van der Waals surface area (Å²) >= 11 is 0. The first-order valence-electron chi connectivity index (χ1n) is 13.0. The molecule has 0 spiro atoms. The molecule has 2 aliphatic heterocycles. The number of nitro groups is 2. The van der Waals surface area contributed by atoms with E-state index in [9.17, 15) is 34.6 Å². The summed E-state index contributed by atoms with van der Waals surface area (Å²) < 4.78 is 10.9. The Kier molecular flexibility index (Phi) is 8.67. The minimum atomic E-state index is -1.00. The summed E-state index contributed by atoms with van der Waals surface area (Å²) in [6, 6.07) is 17.6. The van der Waals surface area contributed by atoms with E-state index < -0.39 is 45.9 Å². The standard InChI is InChI=1S/C29H22N4O11/c34-27(19-6-10-21(11-7-19)32(37)38)41-17-23-24-14-15-25(44-31(24)29(36)42-16-18-4-2-1-3-5-18)26(23)30-43-28(35)20-8-12-22(13-9-20)33(39)40/h1-15,23-25H,16-17H2/b30-26-/t23-,24-,25+/m0/s1. The first-order chi connectivity index (χ1) is 21.2. The van der Waals surface area contributed by atoms with Gasteiger partial charge in [0.2, 0.25) is 0 Å². The molecule has 1 aliphatic carbocycles. The molecule has 6 rings (SSSR count). The molecule has 3 aromatic carbocycles. The second-order valence-electron chi connectivity index (χ2n) is 9.48. The third kappa shape index (κ3) is 6.57. The first kappa shape index (κ1) is 29.5. The van der Waals surface area contributed by atoms with Gasteiger partial charge in [-0.05, 0) is 35.9 Å². The van der Waals surface area contributed by atoms with Gasteiger partial charge in [-0.15, -0.1) is 0 Å². The Bertz CT molecular complexity index is 1640. The van der Waals surface area contributed by atoms with E-state index in [1.54, 1.807) is 36.4 Å². The van der Waals surface area contributed by atoms with E-state index in [0.717, 1.165) is 34.9 Å². The number of oxime groups is 1. The lowest BCUT2D eigenvalue weighted by atomic mass is 9.85. The molecule has 0 radical (unpaired) electrons. The summed E-state index contributed by atoms with van der Waals surface area (Å²) in [6.45, 7) is -0.380. The fourth-order valence-corrected chi connectivity index (χ4v) is 4.44. The summed E-state index contributed by atoms with van der Waals surface area (Å²) in [5.74, 6) is -2.57.